The van der Waals surface area contributed by atoms with Crippen LogP contribution in [-0.2, 0) is 0 Å². The fraction of sp³-hybridized carbons (Fsp3) is 1.00. The van der Waals surface area contributed by atoms with Crippen molar-refractivity contribution in [3.8, 4) is 0 Å². The van der Waals surface area contributed by atoms with Crippen LogP contribution in [0.3, 0.4) is 0 Å². The van der Waals surface area contributed by atoms with Crippen molar-refractivity contribution in [1.82, 2.24) is 0 Å². The third kappa shape index (κ3) is 1.26. The molecule has 2 saturated carbocycles. The van der Waals surface area contributed by atoms with E-state index in [1.165, 1.54) is 37.4 Å². The Morgan fingerprint density at radius 3 is 2.45 bits per heavy atom. The monoisotopic (exact) mass is 216 g/mol. The topological polar surface area (TPSA) is 0 Å². The van der Waals surface area contributed by atoms with Crippen LogP contribution in [0.5, 0.6) is 0 Å². The van der Waals surface area contributed by atoms with Gasteiger partial charge in [0, 0.05) is 5.33 Å². The summed E-state index contributed by atoms with van der Waals surface area (Å²) in [6, 6.07) is 0. The van der Waals surface area contributed by atoms with Crippen molar-refractivity contribution in [3.05, 3.63) is 0 Å². The Morgan fingerprint density at radius 1 is 1.36 bits per heavy atom. The number of hydrogen-bond donors (Lipinski definition) is 0. The van der Waals surface area contributed by atoms with Crippen molar-refractivity contribution in [3.63, 3.8) is 0 Å². The van der Waals surface area contributed by atoms with Gasteiger partial charge in [0.25, 0.3) is 0 Å². The predicted molar refractivity (Wildman–Crippen MR) is 52.0 cm³/mol. The van der Waals surface area contributed by atoms with E-state index < -0.39 is 0 Å². The summed E-state index contributed by atoms with van der Waals surface area (Å²) in [7, 11) is 0. The fourth-order valence-corrected chi connectivity index (χ4v) is 3.76. The Balaban J connectivity index is 1.94. The van der Waals surface area contributed by atoms with Crippen LogP contribution in [0.2, 0.25) is 0 Å². The molecule has 11 heavy (non-hydrogen) atoms. The van der Waals surface area contributed by atoms with E-state index in [2.05, 4.69) is 22.9 Å². The smallest absolute Gasteiger partial charge is 0.00651 e. The van der Waals surface area contributed by atoms with Gasteiger partial charge in [0.05, 0.1) is 0 Å². The molecule has 2 aliphatic rings. The fourth-order valence-electron chi connectivity index (χ4n) is 2.79. The van der Waals surface area contributed by atoms with Crippen LogP contribution >= 0.6 is 15.9 Å². The second-order valence-corrected chi connectivity index (χ2v) is 5.19. The highest BCUT2D eigenvalue weighted by atomic mass is 79.9. The number of alkyl halides is 1. The van der Waals surface area contributed by atoms with Crippen LogP contribution in [-0.4, -0.2) is 5.33 Å². The first-order valence-electron chi connectivity index (χ1n) is 4.83. The van der Waals surface area contributed by atoms with E-state index in [0.29, 0.717) is 0 Å². The molecule has 0 heterocycles. The number of halogens is 1. The second kappa shape index (κ2) is 2.76. The maximum absolute atomic E-state index is 3.60. The van der Waals surface area contributed by atoms with Gasteiger partial charge in [0.15, 0.2) is 0 Å². The van der Waals surface area contributed by atoms with Crippen molar-refractivity contribution in [2.24, 2.45) is 17.3 Å². The van der Waals surface area contributed by atoms with Gasteiger partial charge in [-0.15, -0.1) is 0 Å². The highest BCUT2D eigenvalue weighted by Gasteiger charge is 2.54. The van der Waals surface area contributed by atoms with Gasteiger partial charge in [-0.2, -0.15) is 0 Å². The molecule has 2 aliphatic carbocycles. The van der Waals surface area contributed by atoms with E-state index >= 15 is 0 Å². The molecule has 2 rings (SSSR count). The van der Waals surface area contributed by atoms with E-state index in [9.17, 15) is 0 Å². The van der Waals surface area contributed by atoms with Crippen LogP contribution < -0.4 is 0 Å². The summed E-state index contributed by atoms with van der Waals surface area (Å²) in [6.07, 6.45) is 7.51. The molecule has 1 heteroatoms. The summed E-state index contributed by atoms with van der Waals surface area (Å²) in [5.41, 5.74) is 0.750. The maximum Gasteiger partial charge on any atom is 0.00651 e. The van der Waals surface area contributed by atoms with Gasteiger partial charge in [-0.25, -0.2) is 0 Å². The lowest BCUT2D eigenvalue weighted by molar-refractivity contribution is 0.320. The third-order valence-corrected chi connectivity index (χ3v) is 4.71. The molecule has 0 spiro atoms. The SMILES string of the molecule is CC1(C2CCCC2)CC1CBr. The third-order valence-electron chi connectivity index (χ3n) is 3.93. The summed E-state index contributed by atoms with van der Waals surface area (Å²) in [5, 5.41) is 1.24. The minimum Gasteiger partial charge on any atom is -0.0925 e. The Kier molecular flexibility index (Phi) is 2.03. The Bertz CT molecular complexity index is 149. The van der Waals surface area contributed by atoms with Crippen LogP contribution in [0.25, 0.3) is 0 Å². The van der Waals surface area contributed by atoms with Crippen LogP contribution in [0, 0.1) is 17.3 Å². The van der Waals surface area contributed by atoms with Gasteiger partial charge in [-0.1, -0.05) is 35.7 Å². The zero-order chi connectivity index (χ0) is 7.90. The van der Waals surface area contributed by atoms with Crippen LogP contribution in [0.1, 0.15) is 39.0 Å². The first-order valence-corrected chi connectivity index (χ1v) is 5.95. The second-order valence-electron chi connectivity index (χ2n) is 4.54. The van der Waals surface area contributed by atoms with Gasteiger partial charge < -0.3 is 0 Å². The Morgan fingerprint density at radius 2 is 2.00 bits per heavy atom. The standard InChI is InChI=1S/C10H17Br/c1-10(6-9(10)7-11)8-4-2-3-5-8/h8-9H,2-7H2,1H3. The molecule has 0 aromatic rings. The molecular formula is C10H17Br. The normalized spacial score (nSPS) is 44.7. The molecule has 0 amide bonds. The minimum absolute atomic E-state index is 0.750. The predicted octanol–water partition coefficient (Wildman–Crippen LogP) is 3.60. The van der Waals surface area contributed by atoms with Gasteiger partial charge in [-0.3, -0.25) is 0 Å². The minimum atomic E-state index is 0.750. The van der Waals surface area contributed by atoms with Gasteiger partial charge in [0.1, 0.15) is 0 Å². The molecule has 2 unspecified atom stereocenters. The molecule has 0 bridgehead atoms. The molecule has 0 nitrogen and oxygen atoms in total. The van der Waals surface area contributed by atoms with Gasteiger partial charge in [-0.05, 0) is 36.5 Å². The zero-order valence-electron chi connectivity index (χ0n) is 7.28. The zero-order valence-corrected chi connectivity index (χ0v) is 8.86. The van der Waals surface area contributed by atoms with Crippen molar-refractivity contribution >= 4 is 15.9 Å². The average Bonchev–Trinajstić information content (AvgIpc) is 2.55. The largest absolute Gasteiger partial charge is 0.0925 e. The van der Waals surface area contributed by atoms with Gasteiger partial charge in [0.2, 0.25) is 0 Å². The van der Waals surface area contributed by atoms with Crippen molar-refractivity contribution < 1.29 is 0 Å². The first-order chi connectivity index (χ1) is 5.27. The van der Waals surface area contributed by atoms with E-state index in [4.69, 9.17) is 0 Å². The van der Waals surface area contributed by atoms with E-state index in [-0.39, 0.29) is 0 Å². The first kappa shape index (κ1) is 8.10. The van der Waals surface area contributed by atoms with E-state index in [1.807, 2.05) is 0 Å². The highest BCUT2D eigenvalue weighted by Crippen LogP contribution is 2.61. The number of rotatable bonds is 2. The maximum atomic E-state index is 3.60. The summed E-state index contributed by atoms with van der Waals surface area (Å²) < 4.78 is 0. The van der Waals surface area contributed by atoms with Crippen LogP contribution in [0.15, 0.2) is 0 Å². The van der Waals surface area contributed by atoms with Crippen molar-refractivity contribution in [2.75, 3.05) is 5.33 Å². The molecule has 0 aromatic heterocycles. The lowest BCUT2D eigenvalue weighted by Gasteiger charge is -2.18. The summed E-state index contributed by atoms with van der Waals surface area (Å²) in [4.78, 5) is 0. The molecule has 2 atom stereocenters. The Labute approximate surface area is 77.9 Å². The van der Waals surface area contributed by atoms with Crippen molar-refractivity contribution in [1.29, 1.82) is 0 Å². The van der Waals surface area contributed by atoms with Crippen molar-refractivity contribution in [2.45, 2.75) is 39.0 Å². The van der Waals surface area contributed by atoms with Gasteiger partial charge >= 0.3 is 0 Å². The van der Waals surface area contributed by atoms with Crippen LogP contribution in [0.4, 0.5) is 0 Å². The molecular weight excluding hydrogens is 200 g/mol. The summed E-state index contributed by atoms with van der Waals surface area (Å²) in [6.45, 7) is 2.49. The summed E-state index contributed by atoms with van der Waals surface area (Å²) in [5.74, 6) is 2.08. The lowest BCUT2D eigenvalue weighted by Crippen LogP contribution is -2.11. The molecule has 0 N–H and O–H groups in total. The molecule has 0 saturated heterocycles. The van der Waals surface area contributed by atoms with E-state index in [0.717, 1.165) is 17.3 Å². The average molecular weight is 217 g/mol. The molecule has 0 aromatic carbocycles. The summed E-state index contributed by atoms with van der Waals surface area (Å²) >= 11 is 3.60. The van der Waals surface area contributed by atoms with E-state index in [1.54, 1.807) is 0 Å². The highest BCUT2D eigenvalue weighted by molar-refractivity contribution is 9.09. The Hall–Kier alpha value is 0.480. The lowest BCUT2D eigenvalue weighted by atomic mass is 9.88. The molecule has 0 radical (unpaired) electrons. The number of hydrogen-bond acceptors (Lipinski definition) is 0. The molecule has 64 valence electrons. The quantitative estimate of drug-likeness (QED) is 0.620. The molecule has 0 aliphatic heterocycles. The molecule has 2 fully saturated rings.